The van der Waals surface area contributed by atoms with E-state index in [0.29, 0.717) is 31.0 Å². The third kappa shape index (κ3) is 6.32. The lowest BCUT2D eigenvalue weighted by Gasteiger charge is -2.39. The summed E-state index contributed by atoms with van der Waals surface area (Å²) in [4.78, 5) is 33.7. The first-order valence-electron chi connectivity index (χ1n) is 12.4. The molecule has 37 heavy (non-hydrogen) atoms. The number of hydrogen-bond acceptors (Lipinski definition) is 6. The smallest absolute Gasteiger partial charge is 0.247 e. The minimum absolute atomic E-state index is 0.0718. The van der Waals surface area contributed by atoms with Crippen molar-refractivity contribution in [3.8, 4) is 6.07 Å². The van der Waals surface area contributed by atoms with Gasteiger partial charge in [-0.05, 0) is 48.2 Å². The van der Waals surface area contributed by atoms with Gasteiger partial charge in [0.1, 0.15) is 11.9 Å². The van der Waals surface area contributed by atoms with E-state index in [4.69, 9.17) is 5.26 Å². The van der Waals surface area contributed by atoms with Crippen LogP contribution in [0.15, 0.2) is 72.9 Å². The monoisotopic (exact) mass is 496 g/mol. The van der Waals surface area contributed by atoms with E-state index in [1.807, 2.05) is 60.5 Å². The maximum Gasteiger partial charge on any atom is 0.247 e. The molecule has 3 atom stereocenters. The molecule has 4 rings (SSSR count). The summed E-state index contributed by atoms with van der Waals surface area (Å²) in [5.74, 6) is 0.450. The highest BCUT2D eigenvalue weighted by Gasteiger charge is 2.27. The number of carbonyl (C=O) groups excluding carboxylic acids is 2. The third-order valence-corrected chi connectivity index (χ3v) is 6.76. The summed E-state index contributed by atoms with van der Waals surface area (Å²) in [6.07, 6.45) is 1.70. The number of nitrogens with one attached hydrogen (secondary N) is 2. The van der Waals surface area contributed by atoms with Gasteiger partial charge in [-0.3, -0.25) is 9.59 Å². The molecule has 0 spiro atoms. The van der Waals surface area contributed by atoms with Crippen molar-refractivity contribution in [2.75, 3.05) is 36.9 Å². The number of amides is 2. The first-order chi connectivity index (χ1) is 17.9. The van der Waals surface area contributed by atoms with Gasteiger partial charge in [0.15, 0.2) is 0 Å². The van der Waals surface area contributed by atoms with Crippen molar-refractivity contribution in [2.45, 2.75) is 31.8 Å². The summed E-state index contributed by atoms with van der Waals surface area (Å²) in [6.45, 7) is 5.69. The molecule has 8 nitrogen and oxygen atoms in total. The number of rotatable bonds is 8. The van der Waals surface area contributed by atoms with Crippen molar-refractivity contribution in [2.24, 2.45) is 0 Å². The Labute approximate surface area is 217 Å². The van der Waals surface area contributed by atoms with E-state index in [1.165, 1.54) is 0 Å². The highest BCUT2D eigenvalue weighted by atomic mass is 16.2. The molecule has 1 aromatic heterocycles. The van der Waals surface area contributed by atoms with E-state index >= 15 is 0 Å². The van der Waals surface area contributed by atoms with Gasteiger partial charge in [0, 0.05) is 26.2 Å². The second-order valence-electron chi connectivity index (χ2n) is 9.53. The Balaban J connectivity index is 1.44. The minimum atomic E-state index is -0.571. The summed E-state index contributed by atoms with van der Waals surface area (Å²) in [5.41, 5.74) is 3.42. The number of hydrogen-bond donors (Lipinski definition) is 2. The minimum Gasteiger partial charge on any atom is -0.356 e. The van der Waals surface area contributed by atoms with Crippen molar-refractivity contribution in [3.63, 3.8) is 0 Å². The summed E-state index contributed by atoms with van der Waals surface area (Å²) in [6, 6.07) is 22.5. The van der Waals surface area contributed by atoms with Gasteiger partial charge in [-0.1, -0.05) is 49.4 Å². The average Bonchev–Trinajstić information content (AvgIpc) is 2.92. The molecule has 2 heterocycles. The fourth-order valence-electron chi connectivity index (χ4n) is 4.50. The van der Waals surface area contributed by atoms with Crippen molar-refractivity contribution < 1.29 is 9.59 Å². The van der Waals surface area contributed by atoms with Gasteiger partial charge in [0.25, 0.3) is 0 Å². The van der Waals surface area contributed by atoms with Gasteiger partial charge in [-0.25, -0.2) is 4.98 Å². The Morgan fingerprint density at radius 3 is 2.49 bits per heavy atom. The van der Waals surface area contributed by atoms with Crippen molar-refractivity contribution in [3.05, 3.63) is 89.6 Å². The Morgan fingerprint density at radius 2 is 1.84 bits per heavy atom. The molecule has 0 bridgehead atoms. The lowest BCUT2D eigenvalue weighted by atomic mass is 9.98. The molecule has 3 aromatic rings. The topological polar surface area (TPSA) is 101 Å². The Morgan fingerprint density at radius 1 is 1.11 bits per heavy atom. The number of piperazine rings is 1. The molecule has 0 radical (unpaired) electrons. The van der Waals surface area contributed by atoms with Crippen LogP contribution >= 0.6 is 0 Å². The molecular formula is C29H32N6O2. The molecule has 2 N–H and O–H groups in total. The van der Waals surface area contributed by atoms with Crippen LogP contribution in [-0.4, -0.2) is 54.4 Å². The van der Waals surface area contributed by atoms with Gasteiger partial charge in [-0.15, -0.1) is 0 Å². The second-order valence-corrected chi connectivity index (χ2v) is 9.53. The van der Waals surface area contributed by atoms with E-state index in [0.717, 1.165) is 16.8 Å². The van der Waals surface area contributed by atoms with Crippen LogP contribution in [0.5, 0.6) is 0 Å². The molecule has 0 saturated carbocycles. The normalized spacial score (nSPS) is 17.1. The second kappa shape index (κ2) is 11.7. The zero-order valence-corrected chi connectivity index (χ0v) is 21.4. The predicted octanol–water partition coefficient (Wildman–Crippen LogP) is 3.69. The number of anilines is 2. The van der Waals surface area contributed by atoms with E-state index in [2.05, 4.69) is 35.5 Å². The highest BCUT2D eigenvalue weighted by Crippen LogP contribution is 2.23. The molecule has 2 amide bonds. The zero-order valence-electron chi connectivity index (χ0n) is 21.4. The van der Waals surface area contributed by atoms with E-state index in [1.54, 1.807) is 29.3 Å². The molecular weight excluding hydrogens is 464 g/mol. The quantitative estimate of drug-likeness (QED) is 0.493. The number of nitrogens with zero attached hydrogens (tertiary/aromatic N) is 4. The Bertz CT molecular complexity index is 1250. The molecule has 1 fully saturated rings. The fourth-order valence-corrected chi connectivity index (χ4v) is 4.50. The van der Waals surface area contributed by atoms with Crippen LogP contribution in [0.4, 0.5) is 11.5 Å². The van der Waals surface area contributed by atoms with Gasteiger partial charge >= 0.3 is 0 Å². The Hall–Kier alpha value is -4.22. The van der Waals surface area contributed by atoms with Crippen LogP contribution in [0, 0.1) is 11.3 Å². The number of carbonyl (C=O) groups is 2. The molecule has 190 valence electrons. The largest absolute Gasteiger partial charge is 0.356 e. The number of benzene rings is 2. The number of nitriles is 1. The average molecular weight is 497 g/mol. The van der Waals surface area contributed by atoms with Crippen LogP contribution < -0.4 is 15.5 Å². The van der Waals surface area contributed by atoms with Crippen LogP contribution in [0.2, 0.25) is 0 Å². The van der Waals surface area contributed by atoms with E-state index in [9.17, 15) is 9.59 Å². The van der Waals surface area contributed by atoms with Gasteiger partial charge in [0.2, 0.25) is 11.8 Å². The summed E-state index contributed by atoms with van der Waals surface area (Å²) < 4.78 is 0. The summed E-state index contributed by atoms with van der Waals surface area (Å²) >= 11 is 0. The lowest BCUT2D eigenvalue weighted by molar-refractivity contribution is -0.130. The van der Waals surface area contributed by atoms with Crippen LogP contribution in [0.25, 0.3) is 0 Å². The van der Waals surface area contributed by atoms with Gasteiger partial charge in [0.05, 0.1) is 30.1 Å². The maximum absolute atomic E-state index is 13.4. The molecule has 0 aliphatic carbocycles. The van der Waals surface area contributed by atoms with Crippen molar-refractivity contribution >= 4 is 23.3 Å². The lowest BCUT2D eigenvalue weighted by Crippen LogP contribution is -2.53. The zero-order chi connectivity index (χ0) is 26.4. The molecule has 1 aliphatic heterocycles. The summed E-state index contributed by atoms with van der Waals surface area (Å²) in [7, 11) is 1.81. The first kappa shape index (κ1) is 25.9. The molecule has 1 saturated heterocycles. The number of likely N-dealkylation sites (N-methyl/N-ethyl adjacent to an activating group) is 1. The maximum atomic E-state index is 13.4. The standard InChI is InChI=1S/C29H32N6O2/c1-20(23-11-9-22(15-30)10-12-23)16-32-28(24-7-5-4-6-8-24)29(37)33-26-14-13-25(17-31-26)35-19-27(36)34(3)18-21(35)2/h4-14,17,20-21,28,32H,16,18-19H2,1-3H3,(H,31,33,37)/t20-,21-,28-/m1/s1. The van der Waals surface area contributed by atoms with Gasteiger partial charge < -0.3 is 20.4 Å². The van der Waals surface area contributed by atoms with Crippen LogP contribution in [0.1, 0.15) is 42.5 Å². The molecule has 0 unspecified atom stereocenters. The predicted molar refractivity (Wildman–Crippen MR) is 144 cm³/mol. The molecule has 1 aliphatic rings. The first-order valence-corrected chi connectivity index (χ1v) is 12.4. The fraction of sp³-hybridized carbons (Fsp3) is 0.310. The van der Waals surface area contributed by atoms with Gasteiger partial charge in [-0.2, -0.15) is 5.26 Å². The SMILES string of the molecule is C[C@H](CN[C@@H](C(=O)Nc1ccc(N2CC(=O)N(C)C[C@H]2C)cn1)c1ccccc1)c1ccc(C#N)cc1. The van der Waals surface area contributed by atoms with Crippen molar-refractivity contribution in [1.82, 2.24) is 15.2 Å². The number of aromatic nitrogens is 1. The van der Waals surface area contributed by atoms with E-state index in [-0.39, 0.29) is 23.8 Å². The van der Waals surface area contributed by atoms with Crippen LogP contribution in [-0.2, 0) is 9.59 Å². The molecule has 8 heteroatoms. The van der Waals surface area contributed by atoms with E-state index < -0.39 is 6.04 Å². The summed E-state index contributed by atoms with van der Waals surface area (Å²) in [5, 5.41) is 15.4. The third-order valence-electron chi connectivity index (χ3n) is 6.76. The number of pyridine rings is 1. The Kier molecular flexibility index (Phi) is 8.16. The van der Waals surface area contributed by atoms with Crippen molar-refractivity contribution in [1.29, 1.82) is 5.26 Å². The molecule has 2 aromatic carbocycles. The highest BCUT2D eigenvalue weighted by molar-refractivity contribution is 5.95. The van der Waals surface area contributed by atoms with Crippen LogP contribution in [0.3, 0.4) is 0 Å².